The van der Waals surface area contributed by atoms with Crippen molar-refractivity contribution in [1.29, 1.82) is 0 Å². The molecule has 0 aromatic heterocycles. The topological polar surface area (TPSA) is 68.8 Å². The van der Waals surface area contributed by atoms with Gasteiger partial charge in [-0.3, -0.25) is 14.7 Å². The zero-order valence-corrected chi connectivity index (χ0v) is 16.3. The van der Waals surface area contributed by atoms with Crippen LogP contribution >= 0.6 is 24.0 Å². The van der Waals surface area contributed by atoms with Crippen LogP contribution in [-0.2, 0) is 4.79 Å². The number of carbonyl (C=O) groups is 1. The molecule has 0 spiro atoms. The van der Waals surface area contributed by atoms with E-state index < -0.39 is 0 Å². The molecule has 2 saturated carbocycles. The molecule has 3 fully saturated rings. The summed E-state index contributed by atoms with van der Waals surface area (Å²) < 4.78 is 0. The predicted octanol–water partition coefficient (Wildman–Crippen LogP) is 1.06. The molecule has 3 N–H and O–H groups in total. The van der Waals surface area contributed by atoms with Crippen LogP contribution in [-0.4, -0.2) is 61.6 Å². The highest BCUT2D eigenvalue weighted by molar-refractivity contribution is 14.0. The van der Waals surface area contributed by atoms with E-state index in [1.807, 2.05) is 0 Å². The van der Waals surface area contributed by atoms with Crippen molar-refractivity contribution in [2.24, 2.45) is 4.99 Å². The van der Waals surface area contributed by atoms with E-state index in [0.29, 0.717) is 18.6 Å². The Morgan fingerprint density at radius 1 is 1.09 bits per heavy atom. The average molecular weight is 435 g/mol. The third-order valence-corrected chi connectivity index (χ3v) is 4.98. The molecule has 0 radical (unpaired) electrons. The van der Waals surface area contributed by atoms with E-state index in [2.05, 4.69) is 25.8 Å². The van der Waals surface area contributed by atoms with Gasteiger partial charge in [-0.15, -0.1) is 24.0 Å². The lowest BCUT2D eigenvalue weighted by molar-refractivity contribution is -0.120. The van der Waals surface area contributed by atoms with Crippen LogP contribution in [0.25, 0.3) is 0 Å². The van der Waals surface area contributed by atoms with Crippen molar-refractivity contribution >= 4 is 35.8 Å². The summed E-state index contributed by atoms with van der Waals surface area (Å²) in [6.45, 7) is 2.58. The normalized spacial score (nSPS) is 26.0. The number of amides is 1. The Labute approximate surface area is 156 Å². The first kappa shape index (κ1) is 18.8. The van der Waals surface area contributed by atoms with Crippen molar-refractivity contribution in [2.45, 2.75) is 63.1 Å². The fraction of sp³-hybridized carbons (Fsp3) is 0.875. The molecule has 1 atom stereocenters. The van der Waals surface area contributed by atoms with Gasteiger partial charge in [-0.25, -0.2) is 0 Å². The van der Waals surface area contributed by atoms with E-state index in [0.717, 1.165) is 37.8 Å². The molecular weight excluding hydrogens is 405 g/mol. The van der Waals surface area contributed by atoms with Crippen LogP contribution in [0.4, 0.5) is 0 Å². The van der Waals surface area contributed by atoms with Gasteiger partial charge in [0.25, 0.3) is 0 Å². The SMILES string of the molecule is CN=C(NCC(=O)NC1CC1)NC1CCN(C2CCCC2)C1.I. The number of likely N-dealkylation sites (tertiary alicyclic amines) is 1. The highest BCUT2D eigenvalue weighted by Gasteiger charge is 2.30. The van der Waals surface area contributed by atoms with Gasteiger partial charge in [-0.05, 0) is 32.1 Å². The number of nitrogens with one attached hydrogen (secondary N) is 3. The second-order valence-electron chi connectivity index (χ2n) is 6.83. The molecule has 2 aliphatic carbocycles. The number of hydrogen-bond acceptors (Lipinski definition) is 3. The summed E-state index contributed by atoms with van der Waals surface area (Å²) >= 11 is 0. The van der Waals surface area contributed by atoms with Crippen molar-refractivity contribution in [2.75, 3.05) is 26.7 Å². The Morgan fingerprint density at radius 2 is 1.83 bits per heavy atom. The molecule has 0 aromatic carbocycles. The van der Waals surface area contributed by atoms with Crippen LogP contribution in [0.3, 0.4) is 0 Å². The van der Waals surface area contributed by atoms with Crippen LogP contribution in [0.15, 0.2) is 4.99 Å². The Bertz CT molecular complexity index is 421. The van der Waals surface area contributed by atoms with Crippen LogP contribution in [0.2, 0.25) is 0 Å². The third-order valence-electron chi connectivity index (χ3n) is 4.98. The lowest BCUT2D eigenvalue weighted by atomic mass is 10.2. The zero-order chi connectivity index (χ0) is 15.4. The van der Waals surface area contributed by atoms with E-state index in [1.54, 1.807) is 7.05 Å². The van der Waals surface area contributed by atoms with Gasteiger partial charge < -0.3 is 16.0 Å². The van der Waals surface area contributed by atoms with Crippen LogP contribution in [0.5, 0.6) is 0 Å². The molecular formula is C16H30IN5O. The molecule has 132 valence electrons. The summed E-state index contributed by atoms with van der Waals surface area (Å²) in [7, 11) is 1.76. The Morgan fingerprint density at radius 3 is 2.48 bits per heavy atom. The molecule has 0 bridgehead atoms. The van der Waals surface area contributed by atoms with Crippen molar-refractivity contribution in [3.63, 3.8) is 0 Å². The fourth-order valence-corrected chi connectivity index (χ4v) is 3.56. The second kappa shape index (κ2) is 9.05. The number of rotatable bonds is 5. The van der Waals surface area contributed by atoms with E-state index in [1.165, 1.54) is 32.2 Å². The van der Waals surface area contributed by atoms with Gasteiger partial charge in [0.15, 0.2) is 5.96 Å². The minimum absolute atomic E-state index is 0. The molecule has 3 aliphatic rings. The van der Waals surface area contributed by atoms with Crippen LogP contribution in [0, 0.1) is 0 Å². The van der Waals surface area contributed by atoms with Crippen LogP contribution < -0.4 is 16.0 Å². The number of nitrogens with zero attached hydrogens (tertiary/aromatic N) is 2. The Hall–Kier alpha value is -0.570. The Kier molecular flexibility index (Phi) is 7.39. The molecule has 1 amide bonds. The van der Waals surface area contributed by atoms with Crippen molar-refractivity contribution in [3.8, 4) is 0 Å². The van der Waals surface area contributed by atoms with Crippen LogP contribution in [0.1, 0.15) is 44.9 Å². The quantitative estimate of drug-likeness (QED) is 0.343. The first-order valence-corrected chi connectivity index (χ1v) is 8.75. The smallest absolute Gasteiger partial charge is 0.239 e. The highest BCUT2D eigenvalue weighted by Crippen LogP contribution is 2.26. The molecule has 6 nitrogen and oxygen atoms in total. The number of halogens is 1. The molecule has 3 rings (SSSR count). The number of guanidine groups is 1. The van der Waals surface area contributed by atoms with Crippen molar-refractivity contribution < 1.29 is 4.79 Å². The molecule has 1 aliphatic heterocycles. The number of aliphatic imine (C=N–C) groups is 1. The summed E-state index contributed by atoms with van der Waals surface area (Å²) in [5.41, 5.74) is 0. The van der Waals surface area contributed by atoms with E-state index >= 15 is 0 Å². The van der Waals surface area contributed by atoms with Crippen molar-refractivity contribution in [1.82, 2.24) is 20.9 Å². The van der Waals surface area contributed by atoms with Gasteiger partial charge in [0.1, 0.15) is 0 Å². The minimum Gasteiger partial charge on any atom is -0.352 e. The Balaban J connectivity index is 0.00000192. The lowest BCUT2D eigenvalue weighted by Gasteiger charge is -2.24. The zero-order valence-electron chi connectivity index (χ0n) is 14.0. The van der Waals surface area contributed by atoms with Gasteiger partial charge >= 0.3 is 0 Å². The third kappa shape index (κ3) is 5.77. The standard InChI is InChI=1S/C16H29N5O.HI/c1-17-16(18-10-15(22)19-12-6-7-12)20-13-8-9-21(11-13)14-4-2-3-5-14;/h12-14H,2-11H2,1H3,(H,19,22)(H2,17,18,20);1H. The maximum absolute atomic E-state index is 11.7. The maximum atomic E-state index is 11.7. The molecule has 7 heteroatoms. The van der Waals surface area contributed by atoms with E-state index in [-0.39, 0.29) is 29.9 Å². The summed E-state index contributed by atoms with van der Waals surface area (Å²) in [5, 5.41) is 9.56. The predicted molar refractivity (Wildman–Crippen MR) is 103 cm³/mol. The summed E-state index contributed by atoms with van der Waals surface area (Å²) in [6.07, 6.45) is 8.90. The monoisotopic (exact) mass is 435 g/mol. The number of carbonyl (C=O) groups excluding carboxylic acids is 1. The summed E-state index contributed by atoms with van der Waals surface area (Å²) in [6, 6.07) is 1.66. The molecule has 1 unspecified atom stereocenters. The van der Waals surface area contributed by atoms with E-state index in [9.17, 15) is 4.79 Å². The number of hydrogen-bond donors (Lipinski definition) is 3. The lowest BCUT2D eigenvalue weighted by Crippen LogP contribution is -2.48. The van der Waals surface area contributed by atoms with Gasteiger partial charge in [0.05, 0.1) is 6.54 Å². The highest BCUT2D eigenvalue weighted by atomic mass is 127. The largest absolute Gasteiger partial charge is 0.352 e. The summed E-state index contributed by atoms with van der Waals surface area (Å²) in [4.78, 5) is 18.6. The van der Waals surface area contributed by atoms with E-state index in [4.69, 9.17) is 0 Å². The summed E-state index contributed by atoms with van der Waals surface area (Å²) in [5.74, 6) is 0.800. The van der Waals surface area contributed by atoms with Gasteiger partial charge in [0, 0.05) is 38.3 Å². The first-order valence-electron chi connectivity index (χ1n) is 8.75. The minimum atomic E-state index is 0. The average Bonchev–Trinajstić information content (AvgIpc) is 3.01. The molecule has 1 heterocycles. The van der Waals surface area contributed by atoms with Gasteiger partial charge in [-0.2, -0.15) is 0 Å². The van der Waals surface area contributed by atoms with Crippen molar-refractivity contribution in [3.05, 3.63) is 0 Å². The molecule has 1 saturated heterocycles. The second-order valence-corrected chi connectivity index (χ2v) is 6.83. The fourth-order valence-electron chi connectivity index (χ4n) is 3.56. The maximum Gasteiger partial charge on any atom is 0.239 e. The molecule has 0 aromatic rings. The van der Waals surface area contributed by atoms with Gasteiger partial charge in [-0.1, -0.05) is 12.8 Å². The molecule has 23 heavy (non-hydrogen) atoms. The van der Waals surface area contributed by atoms with Gasteiger partial charge in [0.2, 0.25) is 5.91 Å². The first-order chi connectivity index (χ1) is 10.7.